The maximum absolute atomic E-state index is 13.0. The Morgan fingerprint density at radius 3 is 1.89 bits per heavy atom. The zero-order valence-electron chi connectivity index (χ0n) is 8.90. The van der Waals surface area contributed by atoms with Gasteiger partial charge in [0.2, 0.25) is 0 Å². The van der Waals surface area contributed by atoms with Gasteiger partial charge in [-0.3, -0.25) is 0 Å². The van der Waals surface area contributed by atoms with Crippen LogP contribution in [0.25, 0.3) is 0 Å². The van der Waals surface area contributed by atoms with Gasteiger partial charge in [-0.05, 0) is 12.1 Å². The number of hydrogen-bond donors (Lipinski definition) is 0. The summed E-state index contributed by atoms with van der Waals surface area (Å²) in [6.07, 6.45) is -9.82. The number of ether oxygens (including phenoxy) is 1. The van der Waals surface area contributed by atoms with Crippen LogP contribution in [0, 0.1) is 0 Å². The fourth-order valence-corrected chi connectivity index (χ4v) is 1.54. The minimum absolute atomic E-state index is 0.645. The standard InChI is InChI=1S/C9H7F5O4S/c10-8(11,12)7(9(13,14)19(15,16)17)18-6-4-2-1-3-5-6/h1-5,7H,(H,15,16,17)/p-1. The monoisotopic (exact) mass is 305 g/mol. The first-order valence-electron chi connectivity index (χ1n) is 4.58. The van der Waals surface area contributed by atoms with E-state index in [1.807, 2.05) is 0 Å². The first-order valence-corrected chi connectivity index (χ1v) is 5.99. The van der Waals surface area contributed by atoms with Crippen molar-refractivity contribution in [3.05, 3.63) is 30.3 Å². The molecule has 0 bridgehead atoms. The smallest absolute Gasteiger partial charge is 0.432 e. The number of halogens is 5. The number of para-hydroxylation sites is 1. The first-order chi connectivity index (χ1) is 8.46. The second-order valence-corrected chi connectivity index (χ2v) is 4.82. The van der Waals surface area contributed by atoms with Crippen molar-refractivity contribution >= 4 is 10.1 Å². The van der Waals surface area contributed by atoms with Crippen LogP contribution in [0.3, 0.4) is 0 Å². The summed E-state index contributed by atoms with van der Waals surface area (Å²) in [6.45, 7) is 0. The Balaban J connectivity index is 3.18. The van der Waals surface area contributed by atoms with E-state index >= 15 is 0 Å². The van der Waals surface area contributed by atoms with Crippen molar-refractivity contribution in [1.82, 2.24) is 0 Å². The van der Waals surface area contributed by atoms with Gasteiger partial charge < -0.3 is 9.29 Å². The topological polar surface area (TPSA) is 66.4 Å². The van der Waals surface area contributed by atoms with Crippen LogP contribution in [-0.4, -0.2) is 30.5 Å². The Morgan fingerprint density at radius 1 is 1.05 bits per heavy atom. The van der Waals surface area contributed by atoms with Gasteiger partial charge in [-0.25, -0.2) is 8.42 Å². The van der Waals surface area contributed by atoms with E-state index in [0.717, 1.165) is 12.1 Å². The van der Waals surface area contributed by atoms with E-state index in [9.17, 15) is 34.9 Å². The third kappa shape index (κ3) is 3.53. The molecular weight excluding hydrogens is 299 g/mol. The summed E-state index contributed by atoms with van der Waals surface area (Å²) >= 11 is 0. The molecular formula is C9H6F5O4S-. The third-order valence-electron chi connectivity index (χ3n) is 1.93. The largest absolute Gasteiger partial charge is 0.743 e. The van der Waals surface area contributed by atoms with Gasteiger partial charge in [-0.1, -0.05) is 18.2 Å². The molecule has 1 atom stereocenters. The predicted octanol–water partition coefficient (Wildman–Crippen LogP) is 2.13. The summed E-state index contributed by atoms with van der Waals surface area (Å²) in [7, 11) is -6.53. The normalized spacial score (nSPS) is 15.1. The minimum atomic E-state index is -6.53. The SMILES string of the molecule is O=S(=O)([O-])C(F)(F)C(Oc1ccccc1)C(F)(F)F. The first kappa shape index (κ1) is 15.6. The average molecular weight is 305 g/mol. The van der Waals surface area contributed by atoms with E-state index in [0.29, 0.717) is 0 Å². The third-order valence-corrected chi connectivity index (χ3v) is 2.81. The van der Waals surface area contributed by atoms with E-state index in [1.165, 1.54) is 18.2 Å². The molecule has 1 unspecified atom stereocenters. The molecule has 0 N–H and O–H groups in total. The molecule has 0 aliphatic carbocycles. The lowest BCUT2D eigenvalue weighted by atomic mass is 10.3. The maximum Gasteiger partial charge on any atom is 0.432 e. The van der Waals surface area contributed by atoms with E-state index in [4.69, 9.17) is 0 Å². The molecule has 0 saturated carbocycles. The van der Waals surface area contributed by atoms with E-state index in [-0.39, 0.29) is 0 Å². The molecule has 1 aromatic carbocycles. The summed E-state index contributed by atoms with van der Waals surface area (Å²) in [5, 5.41) is -5.64. The lowest BCUT2D eigenvalue weighted by Gasteiger charge is -2.30. The lowest BCUT2D eigenvalue weighted by Crippen LogP contribution is -2.53. The van der Waals surface area contributed by atoms with E-state index in [1.54, 1.807) is 0 Å². The van der Waals surface area contributed by atoms with Crippen molar-refractivity contribution in [3.8, 4) is 5.75 Å². The molecule has 1 rings (SSSR count). The summed E-state index contributed by atoms with van der Waals surface area (Å²) in [5.41, 5.74) is 0. The van der Waals surface area contributed by atoms with Crippen molar-refractivity contribution in [1.29, 1.82) is 0 Å². The molecule has 0 aliphatic heterocycles. The summed E-state index contributed by atoms with van der Waals surface area (Å²) < 4.78 is 98.0. The summed E-state index contributed by atoms with van der Waals surface area (Å²) in [6, 6.07) is 5.57. The van der Waals surface area contributed by atoms with Crippen LogP contribution in [0.2, 0.25) is 0 Å². The van der Waals surface area contributed by atoms with Crippen molar-refractivity contribution in [2.45, 2.75) is 17.5 Å². The highest BCUT2D eigenvalue weighted by Crippen LogP contribution is 2.38. The molecule has 0 heterocycles. The molecule has 19 heavy (non-hydrogen) atoms. The van der Waals surface area contributed by atoms with Gasteiger partial charge >= 0.3 is 11.4 Å². The second-order valence-electron chi connectivity index (χ2n) is 3.37. The molecule has 0 aromatic heterocycles. The van der Waals surface area contributed by atoms with Crippen LogP contribution in [0.4, 0.5) is 22.0 Å². The van der Waals surface area contributed by atoms with Crippen molar-refractivity contribution in [2.75, 3.05) is 0 Å². The zero-order chi connectivity index (χ0) is 14.9. The molecule has 1 aromatic rings. The second kappa shape index (κ2) is 4.93. The van der Waals surface area contributed by atoms with E-state index in [2.05, 4.69) is 4.74 Å². The Hall–Kier alpha value is -1.42. The fourth-order valence-electron chi connectivity index (χ4n) is 1.09. The van der Waals surface area contributed by atoms with Crippen LogP contribution < -0.4 is 4.74 Å². The molecule has 0 spiro atoms. The van der Waals surface area contributed by atoms with Gasteiger partial charge in [0.1, 0.15) is 5.75 Å². The molecule has 108 valence electrons. The van der Waals surface area contributed by atoms with Crippen molar-refractivity contribution in [2.24, 2.45) is 0 Å². The molecule has 10 heteroatoms. The number of rotatable bonds is 4. The zero-order valence-corrected chi connectivity index (χ0v) is 9.71. The van der Waals surface area contributed by atoms with Crippen LogP contribution in [0.5, 0.6) is 5.75 Å². The molecule has 0 radical (unpaired) electrons. The van der Waals surface area contributed by atoms with Crippen LogP contribution >= 0.6 is 0 Å². The Kier molecular flexibility index (Phi) is 4.06. The molecule has 0 aliphatic rings. The maximum atomic E-state index is 13.0. The lowest BCUT2D eigenvalue weighted by molar-refractivity contribution is -0.239. The molecule has 4 nitrogen and oxygen atoms in total. The average Bonchev–Trinajstić information content (AvgIpc) is 2.24. The Labute approximate surface area is 104 Å². The molecule has 0 fully saturated rings. The van der Waals surface area contributed by atoms with Gasteiger partial charge in [0.05, 0.1) is 0 Å². The summed E-state index contributed by atoms with van der Waals surface area (Å²) in [5.74, 6) is -0.645. The highest BCUT2D eigenvalue weighted by molar-refractivity contribution is 7.86. The van der Waals surface area contributed by atoms with Gasteiger partial charge in [0.15, 0.2) is 10.1 Å². The van der Waals surface area contributed by atoms with Gasteiger partial charge in [-0.2, -0.15) is 22.0 Å². The van der Waals surface area contributed by atoms with Crippen LogP contribution in [0.15, 0.2) is 30.3 Å². The highest BCUT2D eigenvalue weighted by Gasteiger charge is 2.62. The van der Waals surface area contributed by atoms with Crippen LogP contribution in [-0.2, 0) is 10.1 Å². The highest BCUT2D eigenvalue weighted by atomic mass is 32.2. The van der Waals surface area contributed by atoms with Gasteiger partial charge in [0.25, 0.3) is 6.10 Å². The Bertz CT molecular complexity index is 525. The minimum Gasteiger partial charge on any atom is -0.743 e. The molecule has 0 saturated heterocycles. The Morgan fingerprint density at radius 2 is 1.53 bits per heavy atom. The van der Waals surface area contributed by atoms with E-state index < -0.39 is 33.4 Å². The van der Waals surface area contributed by atoms with Crippen molar-refractivity contribution in [3.63, 3.8) is 0 Å². The van der Waals surface area contributed by atoms with Gasteiger partial charge in [-0.15, -0.1) is 0 Å². The summed E-state index contributed by atoms with van der Waals surface area (Å²) in [4.78, 5) is 0. The number of hydrogen-bond acceptors (Lipinski definition) is 4. The van der Waals surface area contributed by atoms with Gasteiger partial charge in [0, 0.05) is 0 Å². The van der Waals surface area contributed by atoms with Crippen molar-refractivity contribution < 1.29 is 39.7 Å². The number of benzene rings is 1. The van der Waals surface area contributed by atoms with Crippen LogP contribution in [0.1, 0.15) is 0 Å². The quantitative estimate of drug-likeness (QED) is 0.631. The molecule has 0 amide bonds. The fraction of sp³-hybridized carbons (Fsp3) is 0.333. The predicted molar refractivity (Wildman–Crippen MR) is 51.6 cm³/mol. The number of alkyl halides is 5.